The third kappa shape index (κ3) is 5.96. The summed E-state index contributed by atoms with van der Waals surface area (Å²) in [4.78, 5) is 19.5. The number of halogens is 1. The summed E-state index contributed by atoms with van der Waals surface area (Å²) < 4.78 is 0. The number of fused-ring (bicyclic) bond motifs is 1. The molecule has 1 aromatic rings. The lowest BCUT2D eigenvalue weighted by molar-refractivity contribution is 0.104. The Morgan fingerprint density at radius 1 is 1.48 bits per heavy atom. The molecular formula is C25H36ClN5OS. The molecule has 0 bridgehead atoms. The molecule has 1 saturated heterocycles. The van der Waals surface area contributed by atoms with Crippen molar-refractivity contribution >= 4 is 34.6 Å². The number of allylic oxidation sites excluding steroid dienone is 3. The standard InChI is InChI=1S/C25H36ClN5OS/c1-4-16(13-27)7-9-31-25(29-3)21(14-28)24(32)22-12-19(15(2)33-22)23-20-11-18(26)6-5-17(20)8-10-30-23/h5-6,11-12,14,16-17,20,23,30H,4,7-10,13,27-28H2,1-3H3,(H,29,31)/b21-14-. The van der Waals surface area contributed by atoms with Crippen LogP contribution in [0.4, 0.5) is 0 Å². The number of hydrogen-bond donors (Lipinski definition) is 4. The zero-order valence-corrected chi connectivity index (χ0v) is 21.3. The maximum absolute atomic E-state index is 13.4. The van der Waals surface area contributed by atoms with Gasteiger partial charge in [0.15, 0.2) is 0 Å². The molecule has 0 radical (unpaired) electrons. The molecule has 1 aliphatic carbocycles. The molecule has 0 aromatic carbocycles. The first-order valence-electron chi connectivity index (χ1n) is 11.7. The van der Waals surface area contributed by atoms with E-state index in [9.17, 15) is 4.79 Å². The van der Waals surface area contributed by atoms with Gasteiger partial charge in [-0.2, -0.15) is 0 Å². The molecule has 0 saturated carbocycles. The minimum absolute atomic E-state index is 0.111. The highest BCUT2D eigenvalue weighted by Gasteiger charge is 2.35. The van der Waals surface area contributed by atoms with Gasteiger partial charge in [0.05, 0.1) is 10.5 Å². The van der Waals surface area contributed by atoms with Crippen LogP contribution < -0.4 is 22.1 Å². The Morgan fingerprint density at radius 2 is 2.27 bits per heavy atom. The van der Waals surface area contributed by atoms with Crippen molar-refractivity contribution in [3.05, 3.63) is 56.4 Å². The predicted molar refractivity (Wildman–Crippen MR) is 140 cm³/mol. The van der Waals surface area contributed by atoms with Crippen LogP contribution in [0, 0.1) is 24.7 Å². The van der Waals surface area contributed by atoms with Crippen molar-refractivity contribution in [1.29, 1.82) is 0 Å². The Labute approximate surface area is 206 Å². The van der Waals surface area contributed by atoms with Crippen LogP contribution in [0.5, 0.6) is 0 Å². The molecule has 4 unspecified atom stereocenters. The maximum atomic E-state index is 13.4. The number of thiophene rings is 1. The highest BCUT2D eigenvalue weighted by molar-refractivity contribution is 7.14. The molecule has 1 fully saturated rings. The zero-order chi connectivity index (χ0) is 24.0. The smallest absolute Gasteiger partial charge is 0.208 e. The highest BCUT2D eigenvalue weighted by atomic mass is 35.5. The first kappa shape index (κ1) is 25.7. The second kappa shape index (κ2) is 12.0. The Kier molecular flexibility index (Phi) is 9.32. The fourth-order valence-electron chi connectivity index (χ4n) is 4.69. The zero-order valence-electron chi connectivity index (χ0n) is 19.7. The van der Waals surface area contributed by atoms with E-state index in [1.165, 1.54) is 17.5 Å². The van der Waals surface area contributed by atoms with Crippen LogP contribution in [0.15, 0.2) is 46.1 Å². The highest BCUT2D eigenvalue weighted by Crippen LogP contribution is 2.42. The van der Waals surface area contributed by atoms with Gasteiger partial charge >= 0.3 is 0 Å². The summed E-state index contributed by atoms with van der Waals surface area (Å²) in [5.41, 5.74) is 13.3. The van der Waals surface area contributed by atoms with Gasteiger partial charge in [0.2, 0.25) is 5.78 Å². The molecule has 8 heteroatoms. The minimum atomic E-state index is -0.111. The van der Waals surface area contributed by atoms with Gasteiger partial charge in [-0.3, -0.25) is 9.79 Å². The molecule has 0 amide bonds. The molecule has 33 heavy (non-hydrogen) atoms. The van der Waals surface area contributed by atoms with Crippen molar-refractivity contribution < 1.29 is 4.79 Å². The fourth-order valence-corrected chi connectivity index (χ4v) is 5.93. The first-order valence-corrected chi connectivity index (χ1v) is 12.9. The summed E-state index contributed by atoms with van der Waals surface area (Å²) in [6.07, 6.45) is 10.7. The van der Waals surface area contributed by atoms with E-state index in [0.29, 0.717) is 41.2 Å². The minimum Gasteiger partial charge on any atom is -0.404 e. The molecular weight excluding hydrogens is 454 g/mol. The third-order valence-corrected chi connectivity index (χ3v) is 8.05. The van der Waals surface area contributed by atoms with Gasteiger partial charge in [-0.25, -0.2) is 0 Å². The summed E-state index contributed by atoms with van der Waals surface area (Å²) in [5.74, 6) is 1.59. The number of aliphatic imine (C=N–C) groups is 1. The number of Topliss-reactive ketones (excluding diaryl/α,β-unsaturated/α-hetero) is 1. The van der Waals surface area contributed by atoms with E-state index >= 15 is 0 Å². The number of hydrogen-bond acceptors (Lipinski definition) is 6. The Balaban J connectivity index is 1.77. The van der Waals surface area contributed by atoms with E-state index in [1.54, 1.807) is 7.05 Å². The molecule has 1 aromatic heterocycles. The van der Waals surface area contributed by atoms with Crippen molar-refractivity contribution in [2.75, 3.05) is 26.7 Å². The van der Waals surface area contributed by atoms with E-state index in [4.69, 9.17) is 23.1 Å². The lowest BCUT2D eigenvalue weighted by atomic mass is 9.76. The van der Waals surface area contributed by atoms with Crippen molar-refractivity contribution in [3.8, 4) is 0 Å². The Bertz CT molecular complexity index is 960. The summed E-state index contributed by atoms with van der Waals surface area (Å²) >= 11 is 7.83. The van der Waals surface area contributed by atoms with Crippen molar-refractivity contribution in [1.82, 2.24) is 10.6 Å². The van der Waals surface area contributed by atoms with Crippen LogP contribution in [-0.2, 0) is 0 Å². The number of nitrogens with two attached hydrogens (primary N) is 2. The largest absolute Gasteiger partial charge is 0.404 e. The van der Waals surface area contributed by atoms with Gasteiger partial charge in [-0.15, -0.1) is 11.3 Å². The Morgan fingerprint density at radius 3 is 2.94 bits per heavy atom. The van der Waals surface area contributed by atoms with Crippen LogP contribution in [0.25, 0.3) is 0 Å². The van der Waals surface area contributed by atoms with Crippen LogP contribution in [-0.4, -0.2) is 38.3 Å². The fraction of sp³-hybridized carbons (Fsp3) is 0.520. The molecule has 0 spiro atoms. The summed E-state index contributed by atoms with van der Waals surface area (Å²) in [6.45, 7) is 6.49. The summed E-state index contributed by atoms with van der Waals surface area (Å²) in [6, 6.07) is 2.14. The quantitative estimate of drug-likeness (QED) is 0.181. The van der Waals surface area contributed by atoms with Gasteiger partial charge in [0.1, 0.15) is 5.84 Å². The summed E-state index contributed by atoms with van der Waals surface area (Å²) in [5, 5.41) is 7.71. The lowest BCUT2D eigenvalue weighted by Crippen LogP contribution is -2.39. The maximum Gasteiger partial charge on any atom is 0.208 e. The van der Waals surface area contributed by atoms with Crippen molar-refractivity contribution in [3.63, 3.8) is 0 Å². The van der Waals surface area contributed by atoms with Crippen LogP contribution in [0.1, 0.15) is 52.3 Å². The number of piperidine rings is 1. The number of nitrogens with one attached hydrogen (secondary N) is 2. The summed E-state index contributed by atoms with van der Waals surface area (Å²) in [7, 11) is 1.67. The van der Waals surface area contributed by atoms with Gasteiger partial charge in [-0.1, -0.05) is 37.1 Å². The molecule has 3 rings (SSSR count). The number of amidine groups is 1. The second-order valence-corrected chi connectivity index (χ2v) is 10.4. The molecule has 180 valence electrons. The van der Waals surface area contributed by atoms with Gasteiger partial charge in [-0.05, 0) is 62.4 Å². The van der Waals surface area contributed by atoms with E-state index in [0.717, 1.165) is 41.3 Å². The average molecular weight is 490 g/mol. The van der Waals surface area contributed by atoms with Crippen molar-refractivity contribution in [2.24, 2.45) is 34.2 Å². The second-order valence-electron chi connectivity index (χ2n) is 8.70. The molecule has 6 nitrogen and oxygen atoms in total. The normalized spacial score (nSPS) is 24.3. The van der Waals surface area contributed by atoms with E-state index in [-0.39, 0.29) is 17.7 Å². The predicted octanol–water partition coefficient (Wildman–Crippen LogP) is 4.03. The number of rotatable bonds is 9. The number of carbonyl (C=O) groups is 1. The number of nitrogens with zero attached hydrogens (tertiary/aromatic N) is 1. The van der Waals surface area contributed by atoms with Crippen LogP contribution in [0.3, 0.4) is 0 Å². The van der Waals surface area contributed by atoms with Crippen molar-refractivity contribution in [2.45, 2.75) is 39.2 Å². The van der Waals surface area contributed by atoms with E-state index < -0.39 is 0 Å². The SMILES string of the molecule is CCC(CN)CCNC(=NC)/C(=C\N)C(=O)c1cc(C2NCCC3C=CC(Cl)=CC32)c(C)s1. The number of aryl methyl sites for hydroxylation is 1. The Hall–Kier alpha value is -1.93. The number of ketones is 1. The van der Waals surface area contributed by atoms with Gasteiger partial charge in [0.25, 0.3) is 0 Å². The van der Waals surface area contributed by atoms with Crippen LogP contribution >= 0.6 is 22.9 Å². The number of carbonyl (C=O) groups excluding carboxylic acids is 1. The van der Waals surface area contributed by atoms with Crippen LogP contribution in [0.2, 0.25) is 0 Å². The van der Waals surface area contributed by atoms with E-state index in [1.807, 2.05) is 12.1 Å². The molecule has 4 atom stereocenters. The van der Waals surface area contributed by atoms with Gasteiger partial charge in [0, 0.05) is 41.7 Å². The topological polar surface area (TPSA) is 106 Å². The lowest BCUT2D eigenvalue weighted by Gasteiger charge is -2.38. The van der Waals surface area contributed by atoms with Gasteiger partial charge < -0.3 is 22.1 Å². The molecule has 6 N–H and O–H groups in total. The monoisotopic (exact) mass is 489 g/mol. The third-order valence-electron chi connectivity index (χ3n) is 6.74. The molecule has 2 heterocycles. The molecule has 2 aliphatic rings. The van der Waals surface area contributed by atoms with E-state index in [2.05, 4.69) is 41.6 Å². The first-order chi connectivity index (χ1) is 15.9. The molecule has 1 aliphatic heterocycles. The average Bonchev–Trinajstić information content (AvgIpc) is 3.21.